The first-order valence-electron chi connectivity index (χ1n) is 9.16. The topological polar surface area (TPSA) is 83.1 Å². The van der Waals surface area contributed by atoms with Gasteiger partial charge >= 0.3 is 0 Å². The van der Waals surface area contributed by atoms with Gasteiger partial charge in [0.15, 0.2) is 6.54 Å². The van der Waals surface area contributed by atoms with Gasteiger partial charge in [0.2, 0.25) is 10.0 Å². The first-order valence-corrected chi connectivity index (χ1v) is 10.6. The Hall–Kier alpha value is -2.22. The Morgan fingerprint density at radius 2 is 1.63 bits per heavy atom. The van der Waals surface area contributed by atoms with E-state index in [4.69, 9.17) is 0 Å². The number of quaternary nitrogens is 1. The number of nitrogens with zero attached hydrogens (tertiary/aromatic N) is 1. The van der Waals surface area contributed by atoms with Crippen molar-refractivity contribution in [3.05, 3.63) is 60.2 Å². The molecule has 3 N–H and O–H groups in total. The van der Waals surface area contributed by atoms with Crippen molar-refractivity contribution in [3.63, 3.8) is 0 Å². The molecule has 0 aromatic heterocycles. The monoisotopic (exact) mass is 390 g/mol. The summed E-state index contributed by atoms with van der Waals surface area (Å²) in [6.07, 6.45) is 0. The predicted molar refractivity (Wildman–Crippen MR) is 107 cm³/mol. The standard InChI is InChI=1S/C20H27N3O3S/c1-4-23(5-2)27(25,26)19-13-11-18(12-14-19)22-20(24)15-21-16(3)17-9-7-6-8-10-17/h6-14,16,21H,4-5,15H2,1-3H3,(H,22,24)/p+1/t16-/m1/s1. The van der Waals surface area contributed by atoms with Gasteiger partial charge in [-0.15, -0.1) is 0 Å². The van der Waals surface area contributed by atoms with E-state index in [1.807, 2.05) is 49.5 Å². The molecule has 27 heavy (non-hydrogen) atoms. The fourth-order valence-corrected chi connectivity index (χ4v) is 4.27. The van der Waals surface area contributed by atoms with E-state index in [9.17, 15) is 13.2 Å². The third-order valence-electron chi connectivity index (χ3n) is 4.46. The molecule has 2 aromatic rings. The summed E-state index contributed by atoms with van der Waals surface area (Å²) in [7, 11) is -3.48. The number of carbonyl (C=O) groups excluding carboxylic acids is 1. The Morgan fingerprint density at radius 3 is 2.19 bits per heavy atom. The van der Waals surface area contributed by atoms with Crippen molar-refractivity contribution < 1.29 is 18.5 Å². The van der Waals surface area contributed by atoms with Gasteiger partial charge in [-0.25, -0.2) is 8.42 Å². The molecule has 0 saturated carbocycles. The normalized spacial score (nSPS) is 12.7. The molecule has 2 aromatic carbocycles. The summed E-state index contributed by atoms with van der Waals surface area (Å²) >= 11 is 0. The van der Waals surface area contributed by atoms with Crippen LogP contribution in [0.5, 0.6) is 0 Å². The van der Waals surface area contributed by atoms with Crippen LogP contribution in [0.15, 0.2) is 59.5 Å². The van der Waals surface area contributed by atoms with Crippen molar-refractivity contribution in [1.29, 1.82) is 0 Å². The summed E-state index contributed by atoms with van der Waals surface area (Å²) in [6, 6.07) is 16.5. The molecule has 0 aliphatic carbocycles. The molecule has 1 atom stereocenters. The molecule has 0 aliphatic heterocycles. The molecule has 146 valence electrons. The highest BCUT2D eigenvalue weighted by Crippen LogP contribution is 2.18. The Balaban J connectivity index is 1.93. The van der Waals surface area contributed by atoms with E-state index in [2.05, 4.69) is 12.2 Å². The number of anilines is 1. The molecule has 0 bridgehead atoms. The van der Waals surface area contributed by atoms with E-state index in [1.165, 1.54) is 16.4 Å². The zero-order valence-electron chi connectivity index (χ0n) is 16.1. The fraction of sp³-hybridized carbons (Fsp3) is 0.350. The van der Waals surface area contributed by atoms with E-state index in [1.54, 1.807) is 12.1 Å². The summed E-state index contributed by atoms with van der Waals surface area (Å²) in [5.74, 6) is -0.128. The average molecular weight is 391 g/mol. The Morgan fingerprint density at radius 1 is 1.04 bits per heavy atom. The lowest BCUT2D eigenvalue weighted by molar-refractivity contribution is -0.682. The zero-order valence-corrected chi connectivity index (χ0v) is 16.9. The van der Waals surface area contributed by atoms with Crippen LogP contribution in [0.4, 0.5) is 5.69 Å². The van der Waals surface area contributed by atoms with E-state index in [-0.39, 0.29) is 23.4 Å². The van der Waals surface area contributed by atoms with Gasteiger partial charge in [0.05, 0.1) is 4.90 Å². The third kappa shape index (κ3) is 5.63. The fourth-order valence-electron chi connectivity index (χ4n) is 2.81. The van der Waals surface area contributed by atoms with Gasteiger partial charge in [-0.1, -0.05) is 44.2 Å². The minimum atomic E-state index is -3.48. The molecule has 0 unspecified atom stereocenters. The maximum atomic E-state index is 12.5. The van der Waals surface area contributed by atoms with Crippen molar-refractivity contribution in [2.75, 3.05) is 25.0 Å². The zero-order chi connectivity index (χ0) is 19.9. The number of nitrogens with one attached hydrogen (secondary N) is 1. The van der Waals surface area contributed by atoms with Crippen LogP contribution in [-0.4, -0.2) is 38.3 Å². The number of hydrogen-bond donors (Lipinski definition) is 2. The maximum Gasteiger partial charge on any atom is 0.279 e. The lowest BCUT2D eigenvalue weighted by Gasteiger charge is -2.18. The van der Waals surface area contributed by atoms with E-state index < -0.39 is 10.0 Å². The minimum absolute atomic E-state index is 0.128. The highest BCUT2D eigenvalue weighted by Gasteiger charge is 2.21. The van der Waals surface area contributed by atoms with Gasteiger partial charge < -0.3 is 10.6 Å². The molecule has 0 heterocycles. The van der Waals surface area contributed by atoms with Crippen molar-refractivity contribution in [2.45, 2.75) is 31.7 Å². The number of nitrogens with two attached hydrogens (primary N) is 1. The molecule has 0 saturated heterocycles. The summed E-state index contributed by atoms with van der Waals surface area (Å²) in [6.45, 7) is 6.80. The number of benzene rings is 2. The summed E-state index contributed by atoms with van der Waals surface area (Å²) < 4.78 is 26.4. The number of hydrogen-bond acceptors (Lipinski definition) is 3. The van der Waals surface area contributed by atoms with E-state index in [0.29, 0.717) is 18.8 Å². The molecular formula is C20H28N3O3S+. The molecule has 2 rings (SSSR count). The van der Waals surface area contributed by atoms with Gasteiger partial charge in [0.1, 0.15) is 6.04 Å². The van der Waals surface area contributed by atoms with Crippen molar-refractivity contribution in [2.24, 2.45) is 0 Å². The van der Waals surface area contributed by atoms with Gasteiger partial charge in [0.25, 0.3) is 5.91 Å². The van der Waals surface area contributed by atoms with Crippen LogP contribution in [0.2, 0.25) is 0 Å². The van der Waals surface area contributed by atoms with Crippen LogP contribution in [-0.2, 0) is 14.8 Å². The van der Waals surface area contributed by atoms with Gasteiger partial charge in [-0.2, -0.15) is 4.31 Å². The first kappa shape index (κ1) is 21.1. The number of amides is 1. The highest BCUT2D eigenvalue weighted by molar-refractivity contribution is 7.89. The Labute approximate surface area is 161 Å². The minimum Gasteiger partial charge on any atom is -0.333 e. The van der Waals surface area contributed by atoms with Gasteiger partial charge in [-0.3, -0.25) is 4.79 Å². The van der Waals surface area contributed by atoms with Crippen LogP contribution < -0.4 is 10.6 Å². The van der Waals surface area contributed by atoms with Crippen molar-refractivity contribution in [3.8, 4) is 0 Å². The quantitative estimate of drug-likeness (QED) is 0.687. The molecular weight excluding hydrogens is 362 g/mol. The molecule has 0 radical (unpaired) electrons. The van der Waals surface area contributed by atoms with Crippen LogP contribution >= 0.6 is 0 Å². The molecule has 0 spiro atoms. The summed E-state index contributed by atoms with van der Waals surface area (Å²) in [5, 5.41) is 4.77. The third-order valence-corrected chi connectivity index (χ3v) is 6.53. The molecule has 7 heteroatoms. The predicted octanol–water partition coefficient (Wildman–Crippen LogP) is 1.98. The maximum absolute atomic E-state index is 12.5. The van der Waals surface area contributed by atoms with E-state index >= 15 is 0 Å². The summed E-state index contributed by atoms with van der Waals surface area (Å²) in [4.78, 5) is 12.4. The lowest BCUT2D eigenvalue weighted by atomic mass is 10.1. The second-order valence-corrected chi connectivity index (χ2v) is 8.24. The largest absolute Gasteiger partial charge is 0.333 e. The highest BCUT2D eigenvalue weighted by atomic mass is 32.2. The average Bonchev–Trinajstić information content (AvgIpc) is 2.68. The second-order valence-electron chi connectivity index (χ2n) is 6.30. The van der Waals surface area contributed by atoms with Crippen molar-refractivity contribution in [1.82, 2.24) is 4.31 Å². The molecule has 6 nitrogen and oxygen atoms in total. The Bertz CT molecular complexity index is 833. The number of rotatable bonds is 9. The number of carbonyl (C=O) groups is 1. The van der Waals surface area contributed by atoms with Gasteiger partial charge in [0, 0.05) is 24.3 Å². The molecule has 0 fully saturated rings. The smallest absolute Gasteiger partial charge is 0.279 e. The van der Waals surface area contributed by atoms with E-state index in [0.717, 1.165) is 5.56 Å². The Kier molecular flexibility index (Phi) is 7.53. The molecule has 1 amide bonds. The first-order chi connectivity index (χ1) is 12.9. The SMILES string of the molecule is CCN(CC)S(=O)(=O)c1ccc(NC(=O)C[NH2+][C@H](C)c2ccccc2)cc1. The number of sulfonamides is 1. The molecule has 0 aliphatic rings. The van der Waals surface area contributed by atoms with Crippen LogP contribution in [0.25, 0.3) is 0 Å². The summed E-state index contributed by atoms with van der Waals surface area (Å²) in [5.41, 5.74) is 1.75. The van der Waals surface area contributed by atoms with Crippen molar-refractivity contribution >= 4 is 21.6 Å². The lowest BCUT2D eigenvalue weighted by Crippen LogP contribution is -2.86. The van der Waals surface area contributed by atoms with Crippen LogP contribution in [0.3, 0.4) is 0 Å². The van der Waals surface area contributed by atoms with Gasteiger partial charge in [-0.05, 0) is 31.2 Å². The van der Waals surface area contributed by atoms with Crippen LogP contribution in [0.1, 0.15) is 32.4 Å². The van der Waals surface area contributed by atoms with Crippen LogP contribution in [0, 0.1) is 0 Å². The second kappa shape index (κ2) is 9.64.